The standard InChI is InChI=1S/C32H47N3O4S/c1-9-10-11-20-35(30(37)26(19-21-40-8)33-31(38)39-32(5,6)7)28(25-17-15-22(2)16-18-25)29(36)34-27-23(3)13-12-14-24(27)4/h12-18,26,28H,9-11,19-21H2,1-8H3,(H,33,38)(H,34,36). The first-order chi connectivity index (χ1) is 18.9. The van der Waals surface area contributed by atoms with Crippen LogP contribution in [0.5, 0.6) is 0 Å². The third-order valence-electron chi connectivity index (χ3n) is 6.57. The highest BCUT2D eigenvalue weighted by Crippen LogP contribution is 2.28. The lowest BCUT2D eigenvalue weighted by Gasteiger charge is -2.35. The van der Waals surface area contributed by atoms with Crippen LogP contribution in [0.3, 0.4) is 0 Å². The van der Waals surface area contributed by atoms with Crippen molar-refractivity contribution in [2.45, 2.75) is 91.8 Å². The molecule has 0 aliphatic carbocycles. The van der Waals surface area contributed by atoms with Crippen molar-refractivity contribution in [1.82, 2.24) is 10.2 Å². The summed E-state index contributed by atoms with van der Waals surface area (Å²) in [5.41, 5.74) is 3.73. The Labute approximate surface area is 244 Å². The monoisotopic (exact) mass is 569 g/mol. The van der Waals surface area contributed by atoms with E-state index >= 15 is 0 Å². The maximum absolute atomic E-state index is 14.3. The van der Waals surface area contributed by atoms with Gasteiger partial charge >= 0.3 is 6.09 Å². The number of nitrogens with zero attached hydrogens (tertiary/aromatic N) is 1. The van der Waals surface area contributed by atoms with Crippen molar-refractivity contribution in [3.8, 4) is 0 Å². The van der Waals surface area contributed by atoms with Gasteiger partial charge in [-0.2, -0.15) is 11.8 Å². The summed E-state index contributed by atoms with van der Waals surface area (Å²) in [6.45, 7) is 13.7. The Bertz CT molecular complexity index is 1110. The lowest BCUT2D eigenvalue weighted by Crippen LogP contribution is -2.52. The Morgan fingerprint density at radius 1 is 0.975 bits per heavy atom. The molecule has 2 unspecified atom stereocenters. The number of carbonyl (C=O) groups is 3. The minimum atomic E-state index is -0.874. The van der Waals surface area contributed by atoms with Gasteiger partial charge < -0.3 is 20.3 Å². The molecule has 0 fully saturated rings. The zero-order chi connectivity index (χ0) is 29.9. The fourth-order valence-electron chi connectivity index (χ4n) is 4.47. The lowest BCUT2D eigenvalue weighted by molar-refractivity contribution is -0.141. The molecule has 2 aromatic carbocycles. The van der Waals surface area contributed by atoms with Crippen molar-refractivity contribution in [1.29, 1.82) is 0 Å². The number of hydrogen-bond acceptors (Lipinski definition) is 5. The molecule has 2 rings (SSSR count). The summed E-state index contributed by atoms with van der Waals surface area (Å²) in [5.74, 6) is 0.0870. The molecule has 0 saturated heterocycles. The van der Waals surface area contributed by atoms with Gasteiger partial charge in [-0.1, -0.05) is 67.8 Å². The van der Waals surface area contributed by atoms with Crippen molar-refractivity contribution in [2.75, 3.05) is 23.9 Å². The van der Waals surface area contributed by atoms with Crippen LogP contribution in [0.1, 0.15) is 81.7 Å². The second kappa shape index (κ2) is 15.7. The molecule has 0 saturated carbocycles. The van der Waals surface area contributed by atoms with E-state index in [9.17, 15) is 14.4 Å². The minimum absolute atomic E-state index is 0.285. The summed E-state index contributed by atoms with van der Waals surface area (Å²) in [6, 6.07) is 11.9. The fourth-order valence-corrected chi connectivity index (χ4v) is 4.94. The van der Waals surface area contributed by atoms with Crippen LogP contribution in [0.4, 0.5) is 10.5 Å². The number of para-hydroxylation sites is 1. The maximum atomic E-state index is 14.3. The van der Waals surface area contributed by atoms with Crippen molar-refractivity contribution in [3.05, 3.63) is 64.7 Å². The van der Waals surface area contributed by atoms with Crippen molar-refractivity contribution < 1.29 is 19.1 Å². The molecule has 220 valence electrons. The molecule has 2 aromatic rings. The molecule has 7 nitrogen and oxygen atoms in total. The molecule has 0 heterocycles. The van der Waals surface area contributed by atoms with E-state index in [0.717, 1.165) is 47.2 Å². The van der Waals surface area contributed by atoms with Crippen LogP contribution >= 0.6 is 11.8 Å². The van der Waals surface area contributed by atoms with Crippen LogP contribution in [0.25, 0.3) is 0 Å². The normalized spacial score (nSPS) is 12.8. The van der Waals surface area contributed by atoms with Gasteiger partial charge in [-0.3, -0.25) is 9.59 Å². The van der Waals surface area contributed by atoms with Crippen LogP contribution in [-0.4, -0.2) is 53.0 Å². The Balaban J connectivity index is 2.55. The van der Waals surface area contributed by atoms with Gasteiger partial charge in [0.1, 0.15) is 17.7 Å². The first-order valence-electron chi connectivity index (χ1n) is 14.1. The number of ether oxygens (including phenoxy) is 1. The van der Waals surface area contributed by atoms with E-state index in [2.05, 4.69) is 17.6 Å². The number of carbonyl (C=O) groups excluding carboxylic acids is 3. The SMILES string of the molecule is CCCCCN(C(=O)C(CCSC)NC(=O)OC(C)(C)C)C(C(=O)Nc1c(C)cccc1C)c1ccc(C)cc1. The molecule has 2 atom stereocenters. The van der Waals surface area contributed by atoms with Gasteiger partial charge in [0, 0.05) is 12.2 Å². The molecule has 0 radical (unpaired) electrons. The maximum Gasteiger partial charge on any atom is 0.408 e. The zero-order valence-electron chi connectivity index (χ0n) is 25.4. The van der Waals surface area contributed by atoms with Crippen molar-refractivity contribution in [3.63, 3.8) is 0 Å². The number of anilines is 1. The van der Waals surface area contributed by atoms with Gasteiger partial charge in [-0.15, -0.1) is 0 Å². The molecule has 0 spiro atoms. The first kappa shape index (κ1) is 33.2. The third kappa shape index (κ3) is 10.2. The Morgan fingerprint density at radius 3 is 2.15 bits per heavy atom. The van der Waals surface area contributed by atoms with Gasteiger partial charge in [0.15, 0.2) is 0 Å². The van der Waals surface area contributed by atoms with Gasteiger partial charge in [0.2, 0.25) is 5.91 Å². The van der Waals surface area contributed by atoms with Crippen molar-refractivity contribution >= 4 is 35.4 Å². The van der Waals surface area contributed by atoms with Crippen LogP contribution in [0.15, 0.2) is 42.5 Å². The number of nitrogens with one attached hydrogen (secondary N) is 2. The molecular weight excluding hydrogens is 522 g/mol. The molecule has 0 aliphatic heterocycles. The summed E-state index contributed by atoms with van der Waals surface area (Å²) in [5, 5.41) is 5.93. The second-order valence-electron chi connectivity index (χ2n) is 11.3. The predicted molar refractivity (Wildman–Crippen MR) is 166 cm³/mol. The molecular formula is C32H47N3O4S. The number of unbranched alkanes of at least 4 members (excludes halogenated alkanes) is 2. The van der Waals surface area contributed by atoms with Gasteiger partial charge in [-0.25, -0.2) is 4.79 Å². The molecule has 40 heavy (non-hydrogen) atoms. The number of rotatable bonds is 13. The number of amides is 3. The van der Waals surface area contributed by atoms with E-state index in [1.165, 1.54) is 0 Å². The number of hydrogen-bond donors (Lipinski definition) is 2. The van der Waals surface area contributed by atoms with E-state index in [4.69, 9.17) is 4.74 Å². The Morgan fingerprint density at radius 2 is 1.60 bits per heavy atom. The summed E-state index contributed by atoms with van der Waals surface area (Å²) in [7, 11) is 0. The van der Waals surface area contributed by atoms with Gasteiger partial charge in [0.05, 0.1) is 0 Å². The number of thioether (sulfide) groups is 1. The molecule has 0 aliphatic rings. The van der Waals surface area contributed by atoms with E-state index in [1.54, 1.807) is 37.4 Å². The first-order valence-corrected chi connectivity index (χ1v) is 15.5. The molecule has 3 amide bonds. The Hall–Kier alpha value is -3.00. The summed E-state index contributed by atoms with van der Waals surface area (Å²) in [6.07, 6.45) is 4.36. The minimum Gasteiger partial charge on any atom is -0.444 e. The quantitative estimate of drug-likeness (QED) is 0.255. The molecule has 8 heteroatoms. The fraction of sp³-hybridized carbons (Fsp3) is 0.531. The van der Waals surface area contributed by atoms with Gasteiger partial charge in [-0.05, 0) is 83.1 Å². The van der Waals surface area contributed by atoms with Crippen LogP contribution in [0, 0.1) is 20.8 Å². The van der Waals surface area contributed by atoms with E-state index in [1.807, 2.05) is 69.5 Å². The highest BCUT2D eigenvalue weighted by Gasteiger charge is 2.36. The largest absolute Gasteiger partial charge is 0.444 e. The second-order valence-corrected chi connectivity index (χ2v) is 12.3. The smallest absolute Gasteiger partial charge is 0.408 e. The van der Waals surface area contributed by atoms with E-state index in [0.29, 0.717) is 18.7 Å². The molecule has 0 aromatic heterocycles. The third-order valence-corrected chi connectivity index (χ3v) is 7.21. The number of benzene rings is 2. The summed E-state index contributed by atoms with van der Waals surface area (Å²) >= 11 is 1.60. The zero-order valence-corrected chi connectivity index (χ0v) is 26.2. The van der Waals surface area contributed by atoms with Crippen LogP contribution in [0.2, 0.25) is 0 Å². The molecule has 2 N–H and O–H groups in total. The molecule has 0 bridgehead atoms. The topological polar surface area (TPSA) is 87.7 Å². The van der Waals surface area contributed by atoms with E-state index < -0.39 is 23.8 Å². The van der Waals surface area contributed by atoms with Crippen molar-refractivity contribution in [2.24, 2.45) is 0 Å². The van der Waals surface area contributed by atoms with Crippen LogP contribution < -0.4 is 10.6 Å². The summed E-state index contributed by atoms with van der Waals surface area (Å²) in [4.78, 5) is 42.8. The highest BCUT2D eigenvalue weighted by atomic mass is 32.2. The average molecular weight is 570 g/mol. The Kier molecular flexibility index (Phi) is 13.0. The number of aryl methyl sites for hydroxylation is 3. The predicted octanol–water partition coefficient (Wildman–Crippen LogP) is 6.96. The van der Waals surface area contributed by atoms with E-state index in [-0.39, 0.29) is 11.8 Å². The van der Waals surface area contributed by atoms with Gasteiger partial charge in [0.25, 0.3) is 5.91 Å². The summed E-state index contributed by atoms with van der Waals surface area (Å²) < 4.78 is 5.48. The number of alkyl carbamates (subject to hydrolysis) is 1. The average Bonchev–Trinajstić information content (AvgIpc) is 2.87. The highest BCUT2D eigenvalue weighted by molar-refractivity contribution is 7.98. The lowest BCUT2D eigenvalue weighted by atomic mass is 9.99. The van der Waals surface area contributed by atoms with Crippen LogP contribution in [-0.2, 0) is 14.3 Å².